The summed E-state index contributed by atoms with van der Waals surface area (Å²) in [6.07, 6.45) is 7.81. The van der Waals surface area contributed by atoms with Crippen LogP contribution in [0.4, 0.5) is 0 Å². The van der Waals surface area contributed by atoms with Crippen molar-refractivity contribution in [1.29, 1.82) is 0 Å². The zero-order valence-corrected chi connectivity index (χ0v) is 5.97. The minimum Gasteiger partial charge on any atom is -0.141 e. The Balaban J connectivity index is 3.17. The maximum Gasteiger partial charge on any atom is 0.299 e. The van der Waals surface area contributed by atoms with E-state index in [4.69, 9.17) is 0 Å². The van der Waals surface area contributed by atoms with Crippen molar-refractivity contribution < 1.29 is 9.13 Å². The van der Waals surface area contributed by atoms with E-state index in [0.29, 0.717) is 0 Å². The number of rotatable bonds is 0. The molecule has 0 aliphatic rings. The van der Waals surface area contributed by atoms with E-state index in [9.17, 15) is 0 Å². The van der Waals surface area contributed by atoms with Crippen LogP contribution in [0.1, 0.15) is 5.69 Å². The maximum atomic E-state index is 2.92. The molecule has 0 saturated carbocycles. The molecule has 1 rings (SSSR count). The molecule has 0 aliphatic carbocycles. The predicted octanol–water partition coefficient (Wildman–Crippen LogP) is -0.756. The van der Waals surface area contributed by atoms with Crippen LogP contribution in [-0.2, 0) is 14.1 Å². The van der Waals surface area contributed by atoms with Crippen LogP contribution in [0.25, 0.3) is 0 Å². The monoisotopic (exact) mass is 122 g/mol. The van der Waals surface area contributed by atoms with Gasteiger partial charge in [-0.3, -0.25) is 0 Å². The van der Waals surface area contributed by atoms with E-state index in [0.717, 1.165) is 0 Å². The van der Waals surface area contributed by atoms with Gasteiger partial charge in [-0.05, 0) is 0 Å². The summed E-state index contributed by atoms with van der Waals surface area (Å²) < 4.78 is 3.76. The molecule has 0 atom stereocenters. The standard InChI is InChI=1S/C7H10N2/c1-7-6-8(2)4-5-9(7)3/h6H,1-3H3/q+2. The fraction of sp³-hybridized carbons (Fsp3) is 0.429. The van der Waals surface area contributed by atoms with Crippen molar-refractivity contribution in [3.63, 3.8) is 0 Å². The zero-order chi connectivity index (χ0) is 6.85. The highest BCUT2D eigenvalue weighted by atomic mass is 15.0. The summed E-state index contributed by atoms with van der Waals surface area (Å²) in [5.74, 6) is 0. The third-order valence-corrected chi connectivity index (χ3v) is 1.30. The van der Waals surface area contributed by atoms with Gasteiger partial charge in [-0.15, -0.1) is 9.13 Å². The molecule has 0 aromatic carbocycles. The first-order valence-electron chi connectivity index (χ1n) is 2.86. The van der Waals surface area contributed by atoms with Gasteiger partial charge in [-0.2, -0.15) is 0 Å². The highest BCUT2D eigenvalue weighted by Gasteiger charge is 2.01. The third kappa shape index (κ3) is 1.17. The van der Waals surface area contributed by atoms with Crippen molar-refractivity contribution in [3.8, 4) is 0 Å². The molecule has 0 amide bonds. The number of aryl methyl sites for hydroxylation is 2. The van der Waals surface area contributed by atoms with E-state index in [-0.39, 0.29) is 0 Å². The molecule has 0 saturated heterocycles. The molecule has 0 N–H and O–H groups in total. The van der Waals surface area contributed by atoms with Gasteiger partial charge >= 0.3 is 0 Å². The first-order valence-corrected chi connectivity index (χ1v) is 2.86. The van der Waals surface area contributed by atoms with Crippen LogP contribution in [-0.4, -0.2) is 0 Å². The van der Waals surface area contributed by atoms with Gasteiger partial charge in [0.1, 0.15) is 14.1 Å². The summed E-state index contributed by atoms with van der Waals surface area (Å²) >= 11 is 0. The van der Waals surface area contributed by atoms with E-state index in [1.807, 2.05) is 36.4 Å². The van der Waals surface area contributed by atoms with Crippen LogP contribution < -0.4 is 9.13 Å². The van der Waals surface area contributed by atoms with Gasteiger partial charge in [0.2, 0.25) is 6.20 Å². The lowest BCUT2D eigenvalue weighted by atomic mass is 10.5. The van der Waals surface area contributed by atoms with Crippen LogP contribution >= 0.6 is 0 Å². The molecule has 46 valence electrons. The lowest BCUT2D eigenvalue weighted by molar-refractivity contribution is -0.725. The fourth-order valence-electron chi connectivity index (χ4n) is 0.641. The summed E-state index contributed by atoms with van der Waals surface area (Å²) in [4.78, 5) is 0. The van der Waals surface area contributed by atoms with Gasteiger partial charge in [-0.25, -0.2) is 0 Å². The normalized spacial score (nSPS) is 8.78. The molecular weight excluding hydrogens is 112 g/mol. The molecule has 0 unspecified atom stereocenters. The summed E-state index contributed by atoms with van der Waals surface area (Å²) in [7, 11) is 3.88. The van der Waals surface area contributed by atoms with Gasteiger partial charge in [0.25, 0.3) is 18.1 Å². The van der Waals surface area contributed by atoms with Gasteiger partial charge < -0.3 is 0 Å². The molecule has 0 fully saturated rings. The van der Waals surface area contributed by atoms with Gasteiger partial charge in [0.05, 0.1) is 0 Å². The topological polar surface area (TPSA) is 7.76 Å². The first-order chi connectivity index (χ1) is 4.20. The molecule has 2 heteroatoms. The number of aromatic nitrogens is 2. The van der Waals surface area contributed by atoms with Crippen molar-refractivity contribution in [2.45, 2.75) is 6.92 Å². The van der Waals surface area contributed by atoms with Crippen LogP contribution in [0.5, 0.6) is 0 Å². The molecular formula is C7H10N2+2. The fourth-order valence-corrected chi connectivity index (χ4v) is 0.641. The van der Waals surface area contributed by atoms with E-state index in [1.165, 1.54) is 5.69 Å². The number of hydrogen-bond donors (Lipinski definition) is 0. The first kappa shape index (κ1) is 6.03. The second-order valence-electron chi connectivity index (χ2n) is 2.16. The Kier molecular flexibility index (Phi) is 1.35. The van der Waals surface area contributed by atoms with Crippen molar-refractivity contribution >= 4 is 0 Å². The average Bonchev–Trinajstić information content (AvgIpc) is 1.80. The van der Waals surface area contributed by atoms with Gasteiger partial charge in [-0.1, -0.05) is 0 Å². The molecule has 0 radical (unpaired) electrons. The Morgan fingerprint density at radius 1 is 1.33 bits per heavy atom. The molecule has 0 spiro atoms. The lowest BCUT2D eigenvalue weighted by Crippen LogP contribution is -2.37. The highest BCUT2D eigenvalue weighted by Crippen LogP contribution is 1.72. The molecule has 0 bridgehead atoms. The summed E-state index contributed by atoms with van der Waals surface area (Å²) in [6.45, 7) is 2.03. The summed E-state index contributed by atoms with van der Waals surface area (Å²) in [5, 5.41) is 0. The SMILES string of the molecule is Cc1c[n+](C)c#c[n+]1C. The largest absolute Gasteiger partial charge is 0.299 e. The lowest BCUT2D eigenvalue weighted by Gasteiger charge is -1.81. The summed E-state index contributed by atoms with van der Waals surface area (Å²) in [5.41, 5.74) is 1.18. The van der Waals surface area contributed by atoms with Crippen LogP contribution in [0, 0.1) is 19.3 Å². The quantitative estimate of drug-likeness (QED) is 0.400. The smallest absolute Gasteiger partial charge is 0.141 e. The Hall–Kier alpha value is -1.10. The molecule has 9 heavy (non-hydrogen) atoms. The van der Waals surface area contributed by atoms with E-state index >= 15 is 0 Å². The highest BCUT2D eigenvalue weighted by molar-refractivity contribution is 4.71. The minimum atomic E-state index is 1.18. The van der Waals surface area contributed by atoms with E-state index < -0.39 is 0 Å². The minimum absolute atomic E-state index is 1.18. The summed E-state index contributed by atoms with van der Waals surface area (Å²) in [6, 6.07) is 0. The Labute approximate surface area is 55.4 Å². The van der Waals surface area contributed by atoms with Crippen molar-refractivity contribution in [2.24, 2.45) is 14.1 Å². The second kappa shape index (κ2) is 2.02. The Morgan fingerprint density at radius 3 is 2.44 bits per heavy atom. The molecule has 1 heterocycles. The zero-order valence-electron chi connectivity index (χ0n) is 5.97. The second-order valence-corrected chi connectivity index (χ2v) is 2.16. The molecule has 2 nitrogen and oxygen atoms in total. The predicted molar refractivity (Wildman–Crippen MR) is 31.2 cm³/mol. The van der Waals surface area contributed by atoms with Crippen LogP contribution in [0.2, 0.25) is 0 Å². The maximum absolute atomic E-state index is 2.92. The average molecular weight is 122 g/mol. The molecule has 1 aromatic heterocycles. The number of nitrogens with zero attached hydrogens (tertiary/aromatic N) is 2. The third-order valence-electron chi connectivity index (χ3n) is 1.30. The van der Waals surface area contributed by atoms with Crippen LogP contribution in [0.15, 0.2) is 6.20 Å². The molecule has 0 aliphatic heterocycles. The van der Waals surface area contributed by atoms with Gasteiger partial charge in [0, 0.05) is 6.92 Å². The Bertz CT molecular complexity index is 218. The van der Waals surface area contributed by atoms with Gasteiger partial charge in [0.15, 0.2) is 0 Å². The van der Waals surface area contributed by atoms with Crippen molar-refractivity contribution in [2.75, 3.05) is 0 Å². The van der Waals surface area contributed by atoms with Crippen LogP contribution in [0.3, 0.4) is 0 Å². The van der Waals surface area contributed by atoms with Crippen molar-refractivity contribution in [1.82, 2.24) is 0 Å². The van der Waals surface area contributed by atoms with E-state index in [2.05, 4.69) is 12.4 Å². The Morgan fingerprint density at radius 2 is 2.00 bits per heavy atom. The van der Waals surface area contributed by atoms with Crippen molar-refractivity contribution in [3.05, 3.63) is 24.3 Å². The van der Waals surface area contributed by atoms with E-state index in [1.54, 1.807) is 0 Å². The number of hydrogen-bond acceptors (Lipinski definition) is 0. The molecule has 1 aromatic rings.